The highest BCUT2D eigenvalue weighted by atomic mass is 32.2. The average Bonchev–Trinajstić information content (AvgIpc) is 2.28. The van der Waals surface area contributed by atoms with Gasteiger partial charge in [0, 0.05) is 5.92 Å². The quantitative estimate of drug-likeness (QED) is 0.763. The Hall–Kier alpha value is -0.730. The van der Waals surface area contributed by atoms with Crippen LogP contribution in [0.1, 0.15) is 30.2 Å². The summed E-state index contributed by atoms with van der Waals surface area (Å²) in [5, 5.41) is 8.43. The Morgan fingerprint density at radius 1 is 1.43 bits per heavy atom. The molecule has 1 fully saturated rings. The molecule has 0 atom stereocenters. The number of hydrogen-bond acceptors (Lipinski definition) is 5. The number of rotatable bonds is 3. The normalized spacial score (nSPS) is 17.8. The fourth-order valence-electron chi connectivity index (χ4n) is 1.21. The molecule has 1 aromatic rings. The topological polar surface area (TPSA) is 92.2 Å². The smallest absolute Gasteiger partial charge is 0.269 e. The molecular formula is C6H9N3O3S2. The summed E-state index contributed by atoms with van der Waals surface area (Å²) in [4.78, 5) is 0. The maximum atomic E-state index is 10.4. The van der Waals surface area contributed by atoms with Crippen LogP contribution in [0.5, 0.6) is 0 Å². The van der Waals surface area contributed by atoms with Gasteiger partial charge < -0.3 is 0 Å². The molecule has 1 aliphatic carbocycles. The van der Waals surface area contributed by atoms with Crippen molar-refractivity contribution in [2.75, 3.05) is 4.72 Å². The van der Waals surface area contributed by atoms with Crippen molar-refractivity contribution in [3.8, 4) is 0 Å². The summed E-state index contributed by atoms with van der Waals surface area (Å²) in [6, 6.07) is 0. The summed E-state index contributed by atoms with van der Waals surface area (Å²) in [5.41, 5.74) is 0. The molecule has 0 spiro atoms. The summed E-state index contributed by atoms with van der Waals surface area (Å²) in [6.45, 7) is 0. The lowest BCUT2D eigenvalue weighted by atomic mass is 9.86. The van der Waals surface area contributed by atoms with Crippen molar-refractivity contribution in [3.05, 3.63) is 5.01 Å². The van der Waals surface area contributed by atoms with Gasteiger partial charge in [-0.25, -0.2) is 4.72 Å². The van der Waals surface area contributed by atoms with E-state index in [0.717, 1.165) is 17.8 Å². The van der Waals surface area contributed by atoms with Gasteiger partial charge in [-0.2, -0.15) is 8.42 Å². The highest BCUT2D eigenvalue weighted by molar-refractivity contribution is 7.87. The van der Waals surface area contributed by atoms with E-state index in [1.807, 2.05) is 4.72 Å². The number of nitrogens with zero attached hydrogens (tertiary/aromatic N) is 2. The SMILES string of the molecule is O=S(=O)(O)Nc1nnc(C2CCC2)s1. The summed E-state index contributed by atoms with van der Waals surface area (Å²) >= 11 is 1.17. The van der Waals surface area contributed by atoms with Crippen molar-refractivity contribution in [3.63, 3.8) is 0 Å². The molecule has 0 amide bonds. The molecular weight excluding hydrogens is 226 g/mol. The Bertz CT molecular complexity index is 423. The predicted molar refractivity (Wildman–Crippen MR) is 51.7 cm³/mol. The van der Waals surface area contributed by atoms with Gasteiger partial charge in [-0.3, -0.25) is 4.55 Å². The number of anilines is 1. The van der Waals surface area contributed by atoms with Gasteiger partial charge in [-0.15, -0.1) is 10.2 Å². The van der Waals surface area contributed by atoms with Crippen LogP contribution in [0.4, 0.5) is 5.13 Å². The van der Waals surface area contributed by atoms with E-state index in [9.17, 15) is 8.42 Å². The zero-order valence-corrected chi connectivity index (χ0v) is 8.81. The van der Waals surface area contributed by atoms with Crippen LogP contribution in [0.15, 0.2) is 0 Å². The molecule has 2 rings (SSSR count). The van der Waals surface area contributed by atoms with Gasteiger partial charge in [0.15, 0.2) is 0 Å². The minimum atomic E-state index is -4.22. The number of aromatic nitrogens is 2. The summed E-state index contributed by atoms with van der Waals surface area (Å²) in [7, 11) is -4.22. The standard InChI is InChI=1S/C6H9N3O3S2/c10-14(11,12)9-6-8-7-5(13-6)4-2-1-3-4/h4H,1-3H2,(H,8,9)(H,10,11,12). The monoisotopic (exact) mass is 235 g/mol. The van der Waals surface area contributed by atoms with Gasteiger partial charge in [0.05, 0.1) is 0 Å². The molecule has 78 valence electrons. The first-order valence-electron chi connectivity index (χ1n) is 4.13. The second kappa shape index (κ2) is 3.44. The van der Waals surface area contributed by atoms with E-state index < -0.39 is 10.3 Å². The molecule has 2 N–H and O–H groups in total. The number of nitrogens with one attached hydrogen (secondary N) is 1. The van der Waals surface area contributed by atoms with E-state index in [1.54, 1.807) is 0 Å². The van der Waals surface area contributed by atoms with Gasteiger partial charge >= 0.3 is 10.3 Å². The van der Waals surface area contributed by atoms with Crippen LogP contribution >= 0.6 is 11.3 Å². The van der Waals surface area contributed by atoms with Crippen LogP contribution < -0.4 is 4.72 Å². The summed E-state index contributed by atoms with van der Waals surface area (Å²) in [6.07, 6.45) is 3.35. The fraction of sp³-hybridized carbons (Fsp3) is 0.667. The van der Waals surface area contributed by atoms with Crippen molar-refractivity contribution in [1.29, 1.82) is 0 Å². The van der Waals surface area contributed by atoms with Gasteiger partial charge in [0.2, 0.25) is 5.13 Å². The molecule has 0 radical (unpaired) electrons. The van der Waals surface area contributed by atoms with Crippen LogP contribution in [0.2, 0.25) is 0 Å². The summed E-state index contributed by atoms with van der Waals surface area (Å²) < 4.78 is 31.3. The highest BCUT2D eigenvalue weighted by Crippen LogP contribution is 2.38. The molecule has 1 aliphatic rings. The third-order valence-corrected chi connectivity index (χ3v) is 3.69. The van der Waals surface area contributed by atoms with E-state index in [1.165, 1.54) is 17.8 Å². The third kappa shape index (κ3) is 2.20. The second-order valence-corrected chi connectivity index (χ2v) is 5.31. The molecule has 0 unspecified atom stereocenters. The van der Waals surface area contributed by atoms with E-state index in [4.69, 9.17) is 4.55 Å². The molecule has 6 nitrogen and oxygen atoms in total. The molecule has 1 saturated carbocycles. The Morgan fingerprint density at radius 2 is 2.14 bits per heavy atom. The maximum absolute atomic E-state index is 10.4. The maximum Gasteiger partial charge on any atom is 0.359 e. The molecule has 1 heterocycles. The zero-order valence-electron chi connectivity index (χ0n) is 7.17. The van der Waals surface area contributed by atoms with E-state index in [-0.39, 0.29) is 5.13 Å². The van der Waals surface area contributed by atoms with Gasteiger partial charge in [-0.05, 0) is 12.8 Å². The van der Waals surface area contributed by atoms with Gasteiger partial charge in [0.25, 0.3) is 0 Å². The van der Waals surface area contributed by atoms with E-state index >= 15 is 0 Å². The van der Waals surface area contributed by atoms with Crippen molar-refractivity contribution in [2.45, 2.75) is 25.2 Å². The molecule has 0 aromatic carbocycles. The fourth-order valence-corrected chi connectivity index (χ4v) is 2.71. The lowest BCUT2D eigenvalue weighted by Crippen LogP contribution is -2.09. The Morgan fingerprint density at radius 3 is 2.64 bits per heavy atom. The van der Waals surface area contributed by atoms with Crippen molar-refractivity contribution in [2.24, 2.45) is 0 Å². The average molecular weight is 235 g/mol. The third-order valence-electron chi connectivity index (χ3n) is 2.11. The van der Waals surface area contributed by atoms with Gasteiger partial charge in [-0.1, -0.05) is 17.8 Å². The first kappa shape index (κ1) is 9.81. The lowest BCUT2D eigenvalue weighted by molar-refractivity contribution is 0.416. The van der Waals surface area contributed by atoms with Crippen molar-refractivity contribution in [1.82, 2.24) is 10.2 Å². The predicted octanol–water partition coefficient (Wildman–Crippen LogP) is 1.02. The van der Waals surface area contributed by atoms with Crippen molar-refractivity contribution < 1.29 is 13.0 Å². The van der Waals surface area contributed by atoms with Crippen LogP contribution in [0.25, 0.3) is 0 Å². The zero-order chi connectivity index (χ0) is 10.2. The Balaban J connectivity index is 2.09. The Labute approximate surface area is 85.2 Å². The van der Waals surface area contributed by atoms with Crippen LogP contribution in [0.3, 0.4) is 0 Å². The van der Waals surface area contributed by atoms with Crippen LogP contribution in [-0.2, 0) is 10.3 Å². The molecule has 8 heteroatoms. The summed E-state index contributed by atoms with van der Waals surface area (Å²) in [5.74, 6) is 0.421. The van der Waals surface area contributed by atoms with Crippen molar-refractivity contribution >= 4 is 26.8 Å². The molecule has 0 aliphatic heterocycles. The minimum Gasteiger partial charge on any atom is -0.269 e. The molecule has 1 aromatic heterocycles. The Kier molecular flexibility index (Phi) is 2.41. The van der Waals surface area contributed by atoms with E-state index in [0.29, 0.717) is 5.92 Å². The molecule has 14 heavy (non-hydrogen) atoms. The second-order valence-electron chi connectivity index (χ2n) is 3.15. The number of hydrogen-bond donors (Lipinski definition) is 2. The molecule has 0 bridgehead atoms. The van der Waals surface area contributed by atoms with Gasteiger partial charge in [0.1, 0.15) is 5.01 Å². The largest absolute Gasteiger partial charge is 0.359 e. The first-order valence-corrected chi connectivity index (χ1v) is 6.39. The van der Waals surface area contributed by atoms with E-state index in [2.05, 4.69) is 10.2 Å². The first-order chi connectivity index (χ1) is 6.54. The molecule has 0 saturated heterocycles. The van der Waals surface area contributed by atoms with Crippen LogP contribution in [0, 0.1) is 0 Å². The van der Waals surface area contributed by atoms with Crippen LogP contribution in [-0.4, -0.2) is 23.2 Å². The highest BCUT2D eigenvalue weighted by Gasteiger charge is 2.23. The lowest BCUT2D eigenvalue weighted by Gasteiger charge is -2.21. The minimum absolute atomic E-state index is 0.120.